The molecule has 2 aromatic rings. The van der Waals surface area contributed by atoms with Crippen LogP contribution in [0.2, 0.25) is 0 Å². The molecule has 2 heterocycles. The zero-order chi connectivity index (χ0) is 16.2. The van der Waals surface area contributed by atoms with Crippen molar-refractivity contribution in [2.75, 3.05) is 43.4 Å². The van der Waals surface area contributed by atoms with Gasteiger partial charge in [-0.2, -0.15) is 0 Å². The van der Waals surface area contributed by atoms with Gasteiger partial charge >= 0.3 is 0 Å². The van der Waals surface area contributed by atoms with Crippen molar-refractivity contribution in [3.05, 3.63) is 47.7 Å². The molecule has 1 aromatic carbocycles. The van der Waals surface area contributed by atoms with Gasteiger partial charge in [0.05, 0.1) is 0 Å². The molecule has 1 saturated heterocycles. The van der Waals surface area contributed by atoms with Crippen molar-refractivity contribution < 1.29 is 4.79 Å². The molecule has 1 N–H and O–H groups in total. The van der Waals surface area contributed by atoms with Crippen LogP contribution >= 0.6 is 0 Å². The SMILES string of the molecule is Cc1ccccc1NC(=O)c1ccc(N2CCN(C)CC2)nn1. The number of hydrogen-bond donors (Lipinski definition) is 1. The Morgan fingerprint density at radius 3 is 2.43 bits per heavy atom. The summed E-state index contributed by atoms with van der Waals surface area (Å²) >= 11 is 0. The van der Waals surface area contributed by atoms with E-state index in [2.05, 4.69) is 32.4 Å². The quantitative estimate of drug-likeness (QED) is 0.936. The molecule has 1 aliphatic heterocycles. The molecule has 0 spiro atoms. The number of amides is 1. The monoisotopic (exact) mass is 311 g/mol. The molecule has 1 amide bonds. The molecule has 0 saturated carbocycles. The normalized spacial score (nSPS) is 15.5. The molecular formula is C17H21N5O. The first-order chi connectivity index (χ1) is 11.1. The number of carbonyl (C=O) groups is 1. The number of hydrogen-bond acceptors (Lipinski definition) is 5. The van der Waals surface area contributed by atoms with Crippen molar-refractivity contribution >= 4 is 17.4 Å². The lowest BCUT2D eigenvalue weighted by molar-refractivity contribution is 0.102. The Labute approximate surface area is 136 Å². The molecule has 3 rings (SSSR count). The predicted molar refractivity (Wildman–Crippen MR) is 90.9 cm³/mol. The summed E-state index contributed by atoms with van der Waals surface area (Å²) in [5.41, 5.74) is 2.14. The molecule has 6 heteroatoms. The van der Waals surface area contributed by atoms with Gasteiger partial charge in [0.25, 0.3) is 5.91 Å². The summed E-state index contributed by atoms with van der Waals surface area (Å²) in [7, 11) is 2.11. The van der Waals surface area contributed by atoms with Gasteiger partial charge in [0.1, 0.15) is 0 Å². The van der Waals surface area contributed by atoms with Gasteiger partial charge in [0.2, 0.25) is 0 Å². The fourth-order valence-corrected chi connectivity index (χ4v) is 2.55. The van der Waals surface area contributed by atoms with Gasteiger partial charge in [0, 0.05) is 31.9 Å². The van der Waals surface area contributed by atoms with E-state index in [0.717, 1.165) is 43.2 Å². The minimum atomic E-state index is -0.239. The van der Waals surface area contributed by atoms with Crippen molar-refractivity contribution in [3.8, 4) is 0 Å². The third kappa shape index (κ3) is 3.65. The Bertz CT molecular complexity index is 678. The van der Waals surface area contributed by atoms with Crippen molar-refractivity contribution in [2.45, 2.75) is 6.92 Å². The largest absolute Gasteiger partial charge is 0.353 e. The fourth-order valence-electron chi connectivity index (χ4n) is 2.55. The smallest absolute Gasteiger partial charge is 0.276 e. The van der Waals surface area contributed by atoms with Gasteiger partial charge in [-0.3, -0.25) is 4.79 Å². The minimum absolute atomic E-state index is 0.239. The van der Waals surface area contributed by atoms with E-state index in [0.29, 0.717) is 5.69 Å². The Morgan fingerprint density at radius 2 is 1.78 bits per heavy atom. The topological polar surface area (TPSA) is 61.4 Å². The van der Waals surface area contributed by atoms with Crippen LogP contribution in [0.5, 0.6) is 0 Å². The number of nitrogens with zero attached hydrogens (tertiary/aromatic N) is 4. The molecule has 0 aliphatic carbocycles. The highest BCUT2D eigenvalue weighted by Gasteiger charge is 2.16. The average Bonchev–Trinajstić information content (AvgIpc) is 2.58. The van der Waals surface area contributed by atoms with E-state index in [-0.39, 0.29) is 5.91 Å². The number of nitrogens with one attached hydrogen (secondary N) is 1. The lowest BCUT2D eigenvalue weighted by Gasteiger charge is -2.32. The second-order valence-electron chi connectivity index (χ2n) is 5.84. The van der Waals surface area contributed by atoms with E-state index >= 15 is 0 Å². The third-order valence-electron chi connectivity index (χ3n) is 4.10. The van der Waals surface area contributed by atoms with Crippen molar-refractivity contribution in [2.24, 2.45) is 0 Å². The van der Waals surface area contributed by atoms with Crippen LogP contribution in [0.4, 0.5) is 11.5 Å². The number of likely N-dealkylation sites (N-methyl/N-ethyl adjacent to an activating group) is 1. The number of aryl methyl sites for hydroxylation is 1. The van der Waals surface area contributed by atoms with Crippen LogP contribution < -0.4 is 10.2 Å². The number of para-hydroxylation sites is 1. The Morgan fingerprint density at radius 1 is 1.04 bits per heavy atom. The molecule has 1 fully saturated rings. The summed E-state index contributed by atoms with van der Waals surface area (Å²) in [5.74, 6) is 0.585. The first-order valence-corrected chi connectivity index (χ1v) is 7.78. The molecule has 1 aromatic heterocycles. The third-order valence-corrected chi connectivity index (χ3v) is 4.10. The zero-order valence-corrected chi connectivity index (χ0v) is 13.5. The zero-order valence-electron chi connectivity index (χ0n) is 13.5. The van der Waals surface area contributed by atoms with E-state index < -0.39 is 0 Å². The molecule has 6 nitrogen and oxygen atoms in total. The predicted octanol–water partition coefficient (Wildman–Crippen LogP) is 1.79. The van der Waals surface area contributed by atoms with Gasteiger partial charge < -0.3 is 15.1 Å². The number of rotatable bonds is 3. The molecule has 23 heavy (non-hydrogen) atoms. The summed E-state index contributed by atoms with van der Waals surface area (Å²) in [4.78, 5) is 16.7. The highest BCUT2D eigenvalue weighted by atomic mass is 16.1. The molecule has 1 aliphatic rings. The first kappa shape index (κ1) is 15.4. The van der Waals surface area contributed by atoms with Crippen molar-refractivity contribution in [1.82, 2.24) is 15.1 Å². The number of benzene rings is 1. The molecular weight excluding hydrogens is 290 g/mol. The molecule has 0 radical (unpaired) electrons. The lowest BCUT2D eigenvalue weighted by Crippen LogP contribution is -2.44. The van der Waals surface area contributed by atoms with Gasteiger partial charge in [-0.1, -0.05) is 18.2 Å². The molecule has 120 valence electrons. The summed E-state index contributed by atoms with van der Waals surface area (Å²) in [6.07, 6.45) is 0. The highest BCUT2D eigenvalue weighted by molar-refractivity contribution is 6.03. The standard InChI is InChI=1S/C17H21N5O/c1-13-5-3-4-6-14(13)18-17(23)15-7-8-16(20-19-15)22-11-9-21(2)10-12-22/h3-8H,9-12H2,1-2H3,(H,18,23). The first-order valence-electron chi connectivity index (χ1n) is 7.78. The van der Waals surface area contributed by atoms with Crippen LogP contribution in [0.1, 0.15) is 16.1 Å². The van der Waals surface area contributed by atoms with Crippen LogP contribution in [0.3, 0.4) is 0 Å². The fraction of sp³-hybridized carbons (Fsp3) is 0.353. The number of aromatic nitrogens is 2. The van der Waals surface area contributed by atoms with Gasteiger partial charge in [-0.05, 0) is 37.7 Å². The van der Waals surface area contributed by atoms with Gasteiger partial charge in [-0.15, -0.1) is 10.2 Å². The van der Waals surface area contributed by atoms with E-state index in [4.69, 9.17) is 0 Å². The van der Waals surface area contributed by atoms with Gasteiger partial charge in [0.15, 0.2) is 11.5 Å². The van der Waals surface area contributed by atoms with Crippen molar-refractivity contribution in [3.63, 3.8) is 0 Å². The highest BCUT2D eigenvalue weighted by Crippen LogP contribution is 2.15. The maximum atomic E-state index is 12.3. The van der Waals surface area contributed by atoms with Crippen molar-refractivity contribution in [1.29, 1.82) is 0 Å². The number of piperazine rings is 1. The number of anilines is 2. The maximum Gasteiger partial charge on any atom is 0.276 e. The van der Waals surface area contributed by atoms with Crippen LogP contribution in [-0.4, -0.2) is 54.2 Å². The second-order valence-corrected chi connectivity index (χ2v) is 5.84. The minimum Gasteiger partial charge on any atom is -0.353 e. The van der Waals surface area contributed by atoms with E-state index in [1.54, 1.807) is 6.07 Å². The van der Waals surface area contributed by atoms with Crippen LogP contribution in [0.25, 0.3) is 0 Å². The maximum absolute atomic E-state index is 12.3. The van der Waals surface area contributed by atoms with E-state index in [9.17, 15) is 4.79 Å². The lowest BCUT2D eigenvalue weighted by atomic mass is 10.2. The van der Waals surface area contributed by atoms with Crippen LogP contribution in [-0.2, 0) is 0 Å². The van der Waals surface area contributed by atoms with Crippen LogP contribution in [0.15, 0.2) is 36.4 Å². The summed E-state index contributed by atoms with van der Waals surface area (Å²) in [6.45, 7) is 5.84. The summed E-state index contributed by atoms with van der Waals surface area (Å²) < 4.78 is 0. The summed E-state index contributed by atoms with van der Waals surface area (Å²) in [6, 6.07) is 11.3. The average molecular weight is 311 g/mol. The molecule has 0 unspecified atom stereocenters. The Kier molecular flexibility index (Phi) is 4.52. The number of carbonyl (C=O) groups excluding carboxylic acids is 1. The van der Waals surface area contributed by atoms with E-state index in [1.807, 2.05) is 37.3 Å². The second kappa shape index (κ2) is 6.75. The Hall–Kier alpha value is -2.47. The Balaban J connectivity index is 1.67. The van der Waals surface area contributed by atoms with E-state index in [1.165, 1.54) is 0 Å². The molecule has 0 bridgehead atoms. The van der Waals surface area contributed by atoms with Crippen LogP contribution in [0, 0.1) is 6.92 Å². The summed E-state index contributed by atoms with van der Waals surface area (Å²) in [5, 5.41) is 11.2. The molecule has 0 atom stereocenters. The van der Waals surface area contributed by atoms with Gasteiger partial charge in [-0.25, -0.2) is 0 Å².